The van der Waals surface area contributed by atoms with Crippen molar-refractivity contribution in [3.05, 3.63) is 59.2 Å². The molecule has 0 aliphatic carbocycles. The molecule has 0 aromatic heterocycles. The second-order valence-corrected chi connectivity index (χ2v) is 10.7. The average molecular weight is 550 g/mol. The fourth-order valence-corrected chi connectivity index (χ4v) is 5.60. The number of imide groups is 1. The van der Waals surface area contributed by atoms with Crippen molar-refractivity contribution in [3.63, 3.8) is 0 Å². The largest absolute Gasteiger partial charge is 0.373 e. The van der Waals surface area contributed by atoms with Crippen LogP contribution >= 0.6 is 0 Å². The summed E-state index contributed by atoms with van der Waals surface area (Å²) in [7, 11) is 1.86. The molecule has 2 aliphatic heterocycles. The van der Waals surface area contributed by atoms with Crippen LogP contribution < -0.4 is 20.4 Å². The Morgan fingerprint density at radius 3 is 2.33 bits per heavy atom. The Morgan fingerprint density at radius 1 is 1.05 bits per heavy atom. The van der Waals surface area contributed by atoms with E-state index in [1.165, 1.54) is 11.3 Å². The number of aldehydes is 1. The summed E-state index contributed by atoms with van der Waals surface area (Å²) in [5, 5.41) is 5.65. The van der Waals surface area contributed by atoms with Crippen LogP contribution in [0.3, 0.4) is 0 Å². The highest BCUT2D eigenvalue weighted by Gasteiger charge is 2.24. The minimum atomic E-state index is -0.440. The second kappa shape index (κ2) is 14.9. The number of piperidine rings is 1. The van der Waals surface area contributed by atoms with Crippen LogP contribution in [0, 0.1) is 0 Å². The molecule has 2 fully saturated rings. The third-order valence-corrected chi connectivity index (χ3v) is 7.99. The molecule has 2 aliphatic rings. The summed E-state index contributed by atoms with van der Waals surface area (Å²) in [6.07, 6.45) is 5.24. The zero-order valence-electron chi connectivity index (χ0n) is 23.8. The maximum atomic E-state index is 12.4. The minimum Gasteiger partial charge on any atom is -0.373 e. The molecule has 40 heavy (non-hydrogen) atoms. The van der Waals surface area contributed by atoms with Crippen LogP contribution in [0.1, 0.15) is 54.1 Å². The molecule has 1 unspecified atom stereocenters. The van der Waals surface area contributed by atoms with Gasteiger partial charge in [0.25, 0.3) is 0 Å². The van der Waals surface area contributed by atoms with E-state index in [4.69, 9.17) is 4.74 Å². The van der Waals surface area contributed by atoms with E-state index in [-0.39, 0.29) is 5.91 Å². The number of carbonyl (C=O) groups is 3. The first-order chi connectivity index (χ1) is 19.5. The Hall–Kier alpha value is -3.27. The van der Waals surface area contributed by atoms with Gasteiger partial charge in [-0.2, -0.15) is 0 Å². The molecule has 2 aromatic carbocycles. The second-order valence-electron chi connectivity index (χ2n) is 10.7. The standard InChI is InChI=1S/C31H43N5O4/c1-3-4-30(31(39)33-23-38)34(2)20-26-19-28(10-7-25(26)21-37)36-17-15-35(16-18-36)27-8-5-24(6-9-27)22-40-29-11-13-32-14-12-29/h5-10,19,21,23,29-30,32H,3-4,11-18,20,22H2,1-2H3,(H,33,38,39). The van der Waals surface area contributed by atoms with E-state index in [9.17, 15) is 14.4 Å². The number of benzene rings is 2. The van der Waals surface area contributed by atoms with Crippen molar-refractivity contribution in [2.45, 2.75) is 57.9 Å². The number of hydrogen-bond donors (Lipinski definition) is 2. The summed E-state index contributed by atoms with van der Waals surface area (Å²) in [4.78, 5) is 41.7. The fraction of sp³-hybridized carbons (Fsp3) is 0.516. The molecule has 2 N–H and O–H groups in total. The van der Waals surface area contributed by atoms with Gasteiger partial charge in [-0.05, 0) is 80.9 Å². The molecule has 2 aromatic rings. The van der Waals surface area contributed by atoms with Crippen LogP contribution in [-0.2, 0) is 27.5 Å². The van der Waals surface area contributed by atoms with Gasteiger partial charge in [-0.15, -0.1) is 0 Å². The molecule has 0 spiro atoms. The van der Waals surface area contributed by atoms with Crippen molar-refractivity contribution >= 4 is 30.0 Å². The third-order valence-electron chi connectivity index (χ3n) is 7.99. The molecule has 2 saturated heterocycles. The normalized spacial score (nSPS) is 17.1. The van der Waals surface area contributed by atoms with E-state index < -0.39 is 6.04 Å². The summed E-state index contributed by atoms with van der Waals surface area (Å²) in [6.45, 7) is 8.73. The number of anilines is 2. The predicted molar refractivity (Wildman–Crippen MR) is 158 cm³/mol. The van der Waals surface area contributed by atoms with Crippen LogP contribution in [-0.4, -0.2) is 82.0 Å². The predicted octanol–water partition coefficient (Wildman–Crippen LogP) is 2.97. The molecule has 4 rings (SSSR count). The zero-order chi connectivity index (χ0) is 28.3. The topological polar surface area (TPSA) is 94.2 Å². The van der Waals surface area contributed by atoms with E-state index in [1.54, 1.807) is 0 Å². The van der Waals surface area contributed by atoms with Gasteiger partial charge in [0.15, 0.2) is 0 Å². The Bertz CT molecular complexity index is 1110. The van der Waals surface area contributed by atoms with Crippen LogP contribution in [0.15, 0.2) is 42.5 Å². The number of ether oxygens (including phenoxy) is 1. The average Bonchev–Trinajstić information content (AvgIpc) is 2.99. The van der Waals surface area contributed by atoms with Crippen molar-refractivity contribution < 1.29 is 19.1 Å². The molecule has 9 nitrogen and oxygen atoms in total. The van der Waals surface area contributed by atoms with Gasteiger partial charge in [0.1, 0.15) is 6.29 Å². The first kappa shape index (κ1) is 29.7. The molecule has 0 radical (unpaired) electrons. The molecular weight excluding hydrogens is 506 g/mol. The van der Waals surface area contributed by atoms with Crippen LogP contribution in [0.4, 0.5) is 11.4 Å². The van der Waals surface area contributed by atoms with Crippen molar-refractivity contribution in [1.29, 1.82) is 0 Å². The monoisotopic (exact) mass is 549 g/mol. The first-order valence-electron chi connectivity index (χ1n) is 14.5. The Labute approximate surface area is 237 Å². The van der Waals surface area contributed by atoms with Crippen molar-refractivity contribution in [1.82, 2.24) is 15.5 Å². The Morgan fingerprint density at radius 2 is 1.70 bits per heavy atom. The Kier molecular flexibility index (Phi) is 11.1. The molecule has 2 amide bonds. The van der Waals surface area contributed by atoms with E-state index in [0.717, 1.165) is 76.1 Å². The lowest BCUT2D eigenvalue weighted by Crippen LogP contribution is -2.46. The fourth-order valence-electron chi connectivity index (χ4n) is 5.60. The van der Waals surface area contributed by atoms with Gasteiger partial charge < -0.3 is 19.9 Å². The van der Waals surface area contributed by atoms with Gasteiger partial charge in [0, 0.05) is 49.7 Å². The number of likely N-dealkylation sites (N-methyl/N-ethyl adjacent to an activating group) is 1. The van der Waals surface area contributed by atoms with E-state index in [1.807, 2.05) is 31.0 Å². The number of amides is 2. The SMILES string of the molecule is CCCC(C(=O)NC=O)N(C)Cc1cc(N2CCN(c3ccc(COC4CCNCC4)cc3)CC2)ccc1C=O. The lowest BCUT2D eigenvalue weighted by Gasteiger charge is -2.38. The highest BCUT2D eigenvalue weighted by molar-refractivity contribution is 5.90. The lowest BCUT2D eigenvalue weighted by molar-refractivity contribution is -0.129. The van der Waals surface area contributed by atoms with Gasteiger partial charge in [0.05, 0.1) is 18.8 Å². The molecule has 2 heterocycles. The van der Waals surface area contributed by atoms with Gasteiger partial charge in [-0.25, -0.2) is 0 Å². The highest BCUT2D eigenvalue weighted by Crippen LogP contribution is 2.25. The summed E-state index contributed by atoms with van der Waals surface area (Å²) in [5.74, 6) is -0.318. The van der Waals surface area contributed by atoms with Gasteiger partial charge in [-0.3, -0.25) is 24.6 Å². The van der Waals surface area contributed by atoms with E-state index >= 15 is 0 Å². The maximum Gasteiger partial charge on any atom is 0.243 e. The summed E-state index contributed by atoms with van der Waals surface area (Å²) < 4.78 is 6.10. The minimum absolute atomic E-state index is 0.318. The quantitative estimate of drug-likeness (QED) is 0.369. The molecule has 9 heteroatoms. The number of carbonyl (C=O) groups excluding carboxylic acids is 3. The van der Waals surface area contributed by atoms with Crippen LogP contribution in [0.5, 0.6) is 0 Å². The smallest absolute Gasteiger partial charge is 0.243 e. The van der Waals surface area contributed by atoms with Gasteiger partial charge >= 0.3 is 0 Å². The number of nitrogens with zero attached hydrogens (tertiary/aromatic N) is 3. The number of rotatable bonds is 13. The van der Waals surface area contributed by atoms with Crippen molar-refractivity contribution in [2.75, 3.05) is 56.1 Å². The number of hydrogen-bond acceptors (Lipinski definition) is 8. The summed E-state index contributed by atoms with van der Waals surface area (Å²) >= 11 is 0. The van der Waals surface area contributed by atoms with Gasteiger partial charge in [-0.1, -0.05) is 25.5 Å². The number of nitrogens with one attached hydrogen (secondary N) is 2. The van der Waals surface area contributed by atoms with Crippen LogP contribution in [0.2, 0.25) is 0 Å². The van der Waals surface area contributed by atoms with E-state index in [2.05, 4.69) is 50.8 Å². The number of piperazine rings is 1. The maximum absolute atomic E-state index is 12.4. The zero-order valence-corrected chi connectivity index (χ0v) is 23.8. The first-order valence-corrected chi connectivity index (χ1v) is 14.5. The lowest BCUT2D eigenvalue weighted by atomic mass is 10.0. The van der Waals surface area contributed by atoms with Crippen molar-refractivity contribution in [3.8, 4) is 0 Å². The van der Waals surface area contributed by atoms with Crippen molar-refractivity contribution in [2.24, 2.45) is 0 Å². The molecule has 1 atom stereocenters. The summed E-state index contributed by atoms with van der Waals surface area (Å²) in [5.41, 5.74) is 4.99. The third kappa shape index (κ3) is 7.90. The summed E-state index contributed by atoms with van der Waals surface area (Å²) in [6, 6.07) is 14.2. The molecule has 0 saturated carbocycles. The molecule has 0 bridgehead atoms. The highest BCUT2D eigenvalue weighted by atomic mass is 16.5. The Balaban J connectivity index is 1.34. The van der Waals surface area contributed by atoms with Crippen LogP contribution in [0.25, 0.3) is 0 Å². The van der Waals surface area contributed by atoms with E-state index in [0.29, 0.717) is 37.6 Å². The van der Waals surface area contributed by atoms with Gasteiger partial charge in [0.2, 0.25) is 12.3 Å². The molecular formula is C31H43N5O4. The molecule has 216 valence electrons.